The molecule has 0 saturated carbocycles. The second kappa shape index (κ2) is 14.5. The monoisotopic (exact) mass is 633 g/mol. The van der Waals surface area contributed by atoms with Crippen molar-refractivity contribution < 1.29 is 13.6 Å². The summed E-state index contributed by atoms with van der Waals surface area (Å²) in [6.07, 6.45) is 5.04. The van der Waals surface area contributed by atoms with Gasteiger partial charge in [0.15, 0.2) is 8.32 Å². The van der Waals surface area contributed by atoms with E-state index in [1.165, 1.54) is 0 Å². The molecule has 0 saturated heterocycles. The Morgan fingerprint density at radius 2 is 1.70 bits per heavy atom. The molecular formula is C34H51N5O3Si2. The van der Waals surface area contributed by atoms with Crippen molar-refractivity contribution in [3.63, 3.8) is 0 Å². The highest BCUT2D eigenvalue weighted by Crippen LogP contribution is 2.42. The number of hydrogen-bond donors (Lipinski definition) is 1. The minimum atomic E-state index is -1.95. The number of imidazole rings is 1. The molecule has 2 radical (unpaired) electrons. The predicted molar refractivity (Wildman–Crippen MR) is 184 cm³/mol. The van der Waals surface area contributed by atoms with E-state index in [4.69, 9.17) is 24.3 Å². The van der Waals surface area contributed by atoms with Crippen LogP contribution in [0.5, 0.6) is 0 Å². The smallest absolute Gasteiger partial charge is 0.220 e. The third-order valence-corrected chi connectivity index (χ3v) is 16.0. The van der Waals surface area contributed by atoms with E-state index < -0.39 is 8.32 Å². The van der Waals surface area contributed by atoms with E-state index in [-0.39, 0.29) is 5.95 Å². The molecule has 0 atom stereocenters. The molecule has 44 heavy (non-hydrogen) atoms. The first-order valence-electron chi connectivity index (χ1n) is 16.0. The summed E-state index contributed by atoms with van der Waals surface area (Å²) in [6, 6.07) is 11.1. The largest absolute Gasteiger partial charge is 0.464 e. The molecule has 10 heteroatoms. The number of nitrogen functional groups attached to an aromatic ring is 1. The van der Waals surface area contributed by atoms with Crippen LogP contribution in [0.2, 0.25) is 27.7 Å². The molecule has 3 heterocycles. The normalized spacial score (nSPS) is 12.8. The van der Waals surface area contributed by atoms with Gasteiger partial charge in [-0.3, -0.25) is 0 Å². The molecule has 0 aliphatic rings. The molecule has 0 bridgehead atoms. The Labute approximate surface area is 267 Å². The lowest BCUT2D eigenvalue weighted by Crippen LogP contribution is -2.48. The SMILES string of the molecule is CC(C)[Si](OCCCc1nc(-c2ccc3occc3c2)c(-c2ccnc(N)n2)n1COCC[Si]C(C)(C)C)(C(C)C)C(C)C. The van der Waals surface area contributed by atoms with Gasteiger partial charge in [0.05, 0.1) is 23.3 Å². The van der Waals surface area contributed by atoms with Crippen molar-refractivity contribution in [2.75, 3.05) is 18.9 Å². The van der Waals surface area contributed by atoms with Crippen LogP contribution in [0.1, 0.15) is 74.6 Å². The second-order valence-electron chi connectivity index (χ2n) is 13.6. The highest BCUT2D eigenvalue weighted by atomic mass is 28.4. The first-order valence-corrected chi connectivity index (χ1v) is 19.3. The van der Waals surface area contributed by atoms with Crippen LogP contribution < -0.4 is 5.73 Å². The molecule has 0 amide bonds. The Morgan fingerprint density at radius 3 is 2.36 bits per heavy atom. The molecule has 3 aromatic heterocycles. The van der Waals surface area contributed by atoms with E-state index in [1.807, 2.05) is 18.2 Å². The quantitative estimate of drug-likeness (QED) is 0.103. The van der Waals surface area contributed by atoms with Gasteiger partial charge in [0, 0.05) is 46.3 Å². The second-order valence-corrected chi connectivity index (χ2v) is 21.4. The van der Waals surface area contributed by atoms with Crippen LogP contribution in [0.15, 0.2) is 47.2 Å². The first kappa shape index (κ1) is 34.1. The van der Waals surface area contributed by atoms with Gasteiger partial charge in [-0.1, -0.05) is 62.3 Å². The molecule has 0 aliphatic carbocycles. The lowest BCUT2D eigenvalue weighted by molar-refractivity contribution is 0.0863. The molecule has 8 nitrogen and oxygen atoms in total. The number of rotatable bonds is 15. The summed E-state index contributed by atoms with van der Waals surface area (Å²) in [5, 5.41) is 1.32. The summed E-state index contributed by atoms with van der Waals surface area (Å²) >= 11 is 0. The highest BCUT2D eigenvalue weighted by molar-refractivity contribution is 6.77. The van der Waals surface area contributed by atoms with E-state index in [0.717, 1.165) is 67.8 Å². The molecule has 4 aromatic rings. The van der Waals surface area contributed by atoms with Crippen molar-refractivity contribution in [3.05, 3.63) is 48.6 Å². The summed E-state index contributed by atoms with van der Waals surface area (Å²) in [5.74, 6) is 1.18. The van der Waals surface area contributed by atoms with Crippen LogP contribution in [0.3, 0.4) is 0 Å². The van der Waals surface area contributed by atoms with Gasteiger partial charge in [0.2, 0.25) is 5.95 Å². The number of aryl methyl sites for hydroxylation is 1. The van der Waals surface area contributed by atoms with Crippen LogP contribution in [0.4, 0.5) is 5.95 Å². The number of hydrogen-bond acceptors (Lipinski definition) is 7. The Bertz CT molecular complexity index is 1480. The number of furan rings is 1. The van der Waals surface area contributed by atoms with Crippen molar-refractivity contribution in [3.8, 4) is 22.6 Å². The maximum Gasteiger partial charge on any atom is 0.220 e. The summed E-state index contributed by atoms with van der Waals surface area (Å²) in [6.45, 7) is 22.6. The number of nitrogens with zero attached hydrogens (tertiary/aromatic N) is 4. The van der Waals surface area contributed by atoms with Crippen LogP contribution in [0, 0.1) is 0 Å². The fourth-order valence-electron chi connectivity index (χ4n) is 6.54. The van der Waals surface area contributed by atoms with Crippen molar-refractivity contribution in [1.82, 2.24) is 19.5 Å². The highest BCUT2D eigenvalue weighted by Gasteiger charge is 2.44. The van der Waals surface area contributed by atoms with Crippen LogP contribution in [0.25, 0.3) is 33.6 Å². The zero-order valence-electron chi connectivity index (χ0n) is 28.1. The van der Waals surface area contributed by atoms with Crippen LogP contribution >= 0.6 is 0 Å². The maximum absolute atomic E-state index is 6.91. The van der Waals surface area contributed by atoms with Crippen molar-refractivity contribution >= 4 is 34.8 Å². The Balaban J connectivity index is 1.70. The number of benzene rings is 1. The van der Waals surface area contributed by atoms with E-state index in [0.29, 0.717) is 41.6 Å². The zero-order chi connectivity index (χ0) is 32.1. The predicted octanol–water partition coefficient (Wildman–Crippen LogP) is 8.78. The lowest BCUT2D eigenvalue weighted by atomic mass is 10.1. The van der Waals surface area contributed by atoms with Gasteiger partial charge in [-0.25, -0.2) is 15.0 Å². The van der Waals surface area contributed by atoms with Gasteiger partial charge in [0.1, 0.15) is 18.1 Å². The van der Waals surface area contributed by atoms with E-state index >= 15 is 0 Å². The minimum absolute atomic E-state index is 0.228. The molecule has 1 aromatic carbocycles. The Hall–Kier alpha value is -2.80. The van der Waals surface area contributed by atoms with Crippen molar-refractivity contribution in [2.45, 2.75) is 110 Å². The molecule has 0 unspecified atom stereocenters. The molecule has 0 spiro atoms. The maximum atomic E-state index is 6.91. The van der Waals surface area contributed by atoms with Gasteiger partial charge in [-0.05, 0) is 64.5 Å². The molecule has 0 fully saturated rings. The third kappa shape index (κ3) is 7.88. The van der Waals surface area contributed by atoms with Gasteiger partial charge in [-0.2, -0.15) is 0 Å². The van der Waals surface area contributed by atoms with Gasteiger partial charge < -0.3 is 23.9 Å². The average molecular weight is 634 g/mol. The Morgan fingerprint density at radius 1 is 0.977 bits per heavy atom. The van der Waals surface area contributed by atoms with E-state index in [9.17, 15) is 0 Å². The summed E-state index contributed by atoms with van der Waals surface area (Å²) in [7, 11) is -1.12. The minimum Gasteiger partial charge on any atom is -0.464 e. The van der Waals surface area contributed by atoms with Crippen LogP contribution in [-0.4, -0.2) is 50.6 Å². The molecule has 238 valence electrons. The van der Waals surface area contributed by atoms with Gasteiger partial charge in [-0.15, -0.1) is 0 Å². The fraction of sp³-hybridized carbons (Fsp3) is 0.559. The molecule has 0 aliphatic heterocycles. The molecule has 2 N–H and O–H groups in total. The standard InChI is InChI=1S/C34H51N5O3Si2/c1-23(2)44(24(3)4,25(5)6)42-17-10-11-30-38-31(27-12-13-29-26(21-27)15-18-41-29)32(28-14-16-36-33(35)37-28)39(30)22-40-19-20-43-34(7,8)9/h12-16,18,21,23-25H,10-11,17,19-20,22H2,1-9H3,(H2,35,36,37). The first-order chi connectivity index (χ1) is 20.8. The Kier molecular flexibility index (Phi) is 11.3. The number of anilines is 1. The van der Waals surface area contributed by atoms with Crippen molar-refractivity contribution in [2.24, 2.45) is 0 Å². The summed E-state index contributed by atoms with van der Waals surface area (Å²) in [4.78, 5) is 14.1. The van der Waals surface area contributed by atoms with Crippen LogP contribution in [-0.2, 0) is 22.3 Å². The summed E-state index contributed by atoms with van der Waals surface area (Å²) < 4.78 is 21.0. The topological polar surface area (TPSA) is 101 Å². The average Bonchev–Trinajstić information content (AvgIpc) is 3.56. The lowest BCUT2D eigenvalue weighted by Gasteiger charge is -2.42. The number of ether oxygens (including phenoxy) is 1. The number of fused-ring (bicyclic) bond motifs is 1. The van der Waals surface area contributed by atoms with E-state index in [1.54, 1.807) is 12.5 Å². The number of nitrogens with two attached hydrogens (primary N) is 1. The summed E-state index contributed by atoms with van der Waals surface area (Å²) in [5.41, 5.74) is 12.0. The van der Waals surface area contributed by atoms with Gasteiger partial charge >= 0.3 is 0 Å². The fourth-order valence-corrected chi connectivity index (χ4v) is 13.0. The van der Waals surface area contributed by atoms with E-state index in [2.05, 4.69) is 89.0 Å². The van der Waals surface area contributed by atoms with Gasteiger partial charge in [0.25, 0.3) is 0 Å². The molecular weight excluding hydrogens is 583 g/mol. The van der Waals surface area contributed by atoms with Crippen molar-refractivity contribution in [1.29, 1.82) is 0 Å². The zero-order valence-corrected chi connectivity index (χ0v) is 30.1. The number of aromatic nitrogens is 4. The molecule has 4 rings (SSSR count). The third-order valence-electron chi connectivity index (χ3n) is 8.42.